The fraction of sp³-hybridized carbons (Fsp3) is 0.226. The van der Waals surface area contributed by atoms with E-state index in [4.69, 9.17) is 5.73 Å². The maximum absolute atomic E-state index is 12.9. The van der Waals surface area contributed by atoms with Crippen LogP contribution in [-0.4, -0.2) is 8.42 Å². The number of hydrogen-bond donors (Lipinski definition) is 2. The molecule has 0 aliphatic rings. The third-order valence-corrected chi connectivity index (χ3v) is 7.52. The van der Waals surface area contributed by atoms with Crippen molar-refractivity contribution < 1.29 is 8.42 Å². The summed E-state index contributed by atoms with van der Waals surface area (Å²) in [5.74, 6) is 0.653. The standard InChI is InChI=1S/C21H22N2O2S.C10H14/c1-16-12-14-19(15-13-16)26(24,25)23-21(18-10-6-3-7-11-18)20(22)17-8-4-2-5-9-17;1-8(2)10-6-4-9(3)5-7-10/h2-15,20-21,23H,22H2,1H3;4-8H,1-3H3/t20-,21-;/m0./s1. The minimum Gasteiger partial charge on any atom is -0.322 e. The van der Waals surface area contributed by atoms with Crippen LogP contribution in [0.1, 0.15) is 59.7 Å². The van der Waals surface area contributed by atoms with Gasteiger partial charge < -0.3 is 5.73 Å². The Morgan fingerprint density at radius 2 is 1.06 bits per heavy atom. The maximum Gasteiger partial charge on any atom is 0.241 e. The van der Waals surface area contributed by atoms with Gasteiger partial charge in [-0.3, -0.25) is 0 Å². The Bertz CT molecular complexity index is 1300. The van der Waals surface area contributed by atoms with Crippen LogP contribution in [0.25, 0.3) is 0 Å². The first-order valence-electron chi connectivity index (χ1n) is 12.2. The SMILES string of the molecule is Cc1ccc(C(C)C)cc1.Cc1ccc(S(=O)(=O)N[C@@H](c2ccccc2)[C@@H](N)c2ccccc2)cc1. The lowest BCUT2D eigenvalue weighted by Gasteiger charge is -2.26. The number of nitrogens with one attached hydrogen (secondary N) is 1. The summed E-state index contributed by atoms with van der Waals surface area (Å²) in [5, 5.41) is 0. The topological polar surface area (TPSA) is 72.2 Å². The first-order chi connectivity index (χ1) is 17.2. The summed E-state index contributed by atoms with van der Waals surface area (Å²) < 4.78 is 28.6. The smallest absolute Gasteiger partial charge is 0.241 e. The molecule has 0 amide bonds. The summed E-state index contributed by atoms with van der Waals surface area (Å²) in [7, 11) is -3.71. The van der Waals surface area contributed by atoms with E-state index in [0.717, 1.165) is 16.7 Å². The van der Waals surface area contributed by atoms with Crippen LogP contribution in [0.5, 0.6) is 0 Å². The zero-order valence-electron chi connectivity index (χ0n) is 21.4. The number of benzene rings is 4. The molecule has 0 aromatic heterocycles. The van der Waals surface area contributed by atoms with E-state index in [1.807, 2.05) is 67.6 Å². The average Bonchev–Trinajstić information content (AvgIpc) is 2.89. The van der Waals surface area contributed by atoms with E-state index in [-0.39, 0.29) is 4.90 Å². The normalized spacial score (nSPS) is 12.9. The molecule has 4 aromatic carbocycles. The first-order valence-corrected chi connectivity index (χ1v) is 13.7. The summed E-state index contributed by atoms with van der Waals surface area (Å²) in [6.07, 6.45) is 0. The van der Waals surface area contributed by atoms with Crippen LogP contribution < -0.4 is 10.5 Å². The molecule has 4 nitrogen and oxygen atoms in total. The lowest BCUT2D eigenvalue weighted by molar-refractivity contribution is 0.504. The Labute approximate surface area is 216 Å². The second kappa shape index (κ2) is 12.6. The van der Waals surface area contributed by atoms with Crippen molar-refractivity contribution in [1.29, 1.82) is 0 Å². The van der Waals surface area contributed by atoms with Gasteiger partial charge >= 0.3 is 0 Å². The van der Waals surface area contributed by atoms with Gasteiger partial charge in [-0.1, -0.05) is 122 Å². The maximum atomic E-state index is 12.9. The van der Waals surface area contributed by atoms with E-state index in [2.05, 4.69) is 49.8 Å². The van der Waals surface area contributed by atoms with Crippen LogP contribution in [0.2, 0.25) is 0 Å². The average molecular weight is 501 g/mol. The third kappa shape index (κ3) is 7.62. The van der Waals surface area contributed by atoms with Crippen molar-refractivity contribution >= 4 is 10.0 Å². The lowest BCUT2D eigenvalue weighted by atomic mass is 9.95. The quantitative estimate of drug-likeness (QED) is 0.292. The largest absolute Gasteiger partial charge is 0.322 e. The first kappa shape index (κ1) is 27.3. The number of aryl methyl sites for hydroxylation is 2. The molecule has 0 fully saturated rings. The fourth-order valence-corrected chi connectivity index (χ4v) is 5.03. The zero-order valence-corrected chi connectivity index (χ0v) is 22.2. The van der Waals surface area contributed by atoms with Crippen molar-refractivity contribution in [3.63, 3.8) is 0 Å². The van der Waals surface area contributed by atoms with Crippen LogP contribution in [0.4, 0.5) is 0 Å². The molecule has 0 heterocycles. The molecule has 0 aliphatic heterocycles. The number of hydrogen-bond acceptors (Lipinski definition) is 3. The summed E-state index contributed by atoms with van der Waals surface area (Å²) in [6.45, 7) is 8.46. The van der Waals surface area contributed by atoms with Gasteiger partial charge in [-0.2, -0.15) is 0 Å². The van der Waals surface area contributed by atoms with Gasteiger partial charge in [0.05, 0.1) is 17.0 Å². The van der Waals surface area contributed by atoms with Gasteiger partial charge in [0.2, 0.25) is 10.0 Å². The van der Waals surface area contributed by atoms with Crippen LogP contribution in [0.15, 0.2) is 114 Å². The van der Waals surface area contributed by atoms with E-state index in [0.29, 0.717) is 5.92 Å². The molecule has 0 unspecified atom stereocenters. The summed E-state index contributed by atoms with van der Waals surface area (Å²) in [4.78, 5) is 0.226. The summed E-state index contributed by atoms with van der Waals surface area (Å²) >= 11 is 0. The van der Waals surface area contributed by atoms with Gasteiger partial charge in [-0.05, 0) is 48.6 Å². The van der Waals surface area contributed by atoms with Crippen molar-refractivity contribution in [2.75, 3.05) is 0 Å². The highest BCUT2D eigenvalue weighted by Gasteiger charge is 2.27. The van der Waals surface area contributed by atoms with Gasteiger partial charge in [0.1, 0.15) is 0 Å². The molecule has 3 N–H and O–H groups in total. The van der Waals surface area contributed by atoms with Gasteiger partial charge in [-0.15, -0.1) is 0 Å². The molecular weight excluding hydrogens is 464 g/mol. The summed E-state index contributed by atoms with van der Waals surface area (Å²) in [6, 6.07) is 33.3. The molecule has 4 aromatic rings. The molecule has 0 aliphatic carbocycles. The van der Waals surface area contributed by atoms with Crippen LogP contribution >= 0.6 is 0 Å². The van der Waals surface area contributed by atoms with E-state index in [9.17, 15) is 8.42 Å². The van der Waals surface area contributed by atoms with Crippen LogP contribution in [-0.2, 0) is 10.0 Å². The molecule has 0 radical (unpaired) electrons. The molecule has 36 heavy (non-hydrogen) atoms. The molecule has 0 saturated carbocycles. The van der Waals surface area contributed by atoms with Crippen molar-refractivity contribution in [2.45, 2.75) is 50.6 Å². The zero-order chi connectivity index (χ0) is 26.1. The molecule has 4 rings (SSSR count). The van der Waals surface area contributed by atoms with E-state index >= 15 is 0 Å². The fourth-order valence-electron chi connectivity index (χ4n) is 3.78. The summed E-state index contributed by atoms with van der Waals surface area (Å²) in [5.41, 5.74) is 11.9. The second-order valence-electron chi connectivity index (χ2n) is 9.32. The highest BCUT2D eigenvalue weighted by atomic mass is 32.2. The Kier molecular flexibility index (Phi) is 9.59. The van der Waals surface area contributed by atoms with Gasteiger partial charge in [0.15, 0.2) is 0 Å². The van der Waals surface area contributed by atoms with E-state index < -0.39 is 22.1 Å². The van der Waals surface area contributed by atoms with Crippen LogP contribution in [0, 0.1) is 13.8 Å². The van der Waals surface area contributed by atoms with Crippen molar-refractivity contribution in [2.24, 2.45) is 5.73 Å². The highest BCUT2D eigenvalue weighted by molar-refractivity contribution is 7.89. The van der Waals surface area contributed by atoms with E-state index in [1.54, 1.807) is 24.3 Å². The van der Waals surface area contributed by atoms with Crippen LogP contribution in [0.3, 0.4) is 0 Å². The lowest BCUT2D eigenvalue weighted by Crippen LogP contribution is -2.36. The molecule has 188 valence electrons. The highest BCUT2D eigenvalue weighted by Crippen LogP contribution is 2.28. The van der Waals surface area contributed by atoms with Crippen molar-refractivity contribution in [3.05, 3.63) is 137 Å². The predicted octanol–water partition coefficient (Wildman–Crippen LogP) is 6.83. The Morgan fingerprint density at radius 1 is 0.611 bits per heavy atom. The molecule has 5 heteroatoms. The number of sulfonamides is 1. The third-order valence-electron chi connectivity index (χ3n) is 6.06. The number of nitrogens with two attached hydrogens (primary N) is 1. The van der Waals surface area contributed by atoms with Gasteiger partial charge in [-0.25, -0.2) is 13.1 Å². The molecule has 0 saturated heterocycles. The van der Waals surface area contributed by atoms with Gasteiger partial charge in [0, 0.05) is 0 Å². The molecular formula is C31H36N2O2S. The number of rotatable bonds is 7. The van der Waals surface area contributed by atoms with Crippen molar-refractivity contribution in [1.82, 2.24) is 4.72 Å². The predicted molar refractivity (Wildman–Crippen MR) is 149 cm³/mol. The Balaban J connectivity index is 0.000000303. The van der Waals surface area contributed by atoms with E-state index in [1.165, 1.54) is 11.1 Å². The molecule has 0 bridgehead atoms. The Hall–Kier alpha value is -3.25. The minimum absolute atomic E-state index is 0.226. The monoisotopic (exact) mass is 500 g/mol. The second-order valence-corrected chi connectivity index (χ2v) is 11.0. The van der Waals surface area contributed by atoms with Crippen molar-refractivity contribution in [3.8, 4) is 0 Å². The van der Waals surface area contributed by atoms with Gasteiger partial charge in [0.25, 0.3) is 0 Å². The molecule has 0 spiro atoms. The minimum atomic E-state index is -3.71. The Morgan fingerprint density at radius 3 is 1.53 bits per heavy atom. The molecule has 2 atom stereocenters.